The van der Waals surface area contributed by atoms with Crippen LogP contribution in [0.25, 0.3) is 0 Å². The van der Waals surface area contributed by atoms with Crippen molar-refractivity contribution in [2.75, 3.05) is 11.5 Å². The standard InChI is InChI=1S/C5H9NOS/c7-4-6-5-1-2-8-3-5/h4-5H,1-3H2,(H,6,7). The Bertz CT molecular complexity index is 80.5. The lowest BCUT2D eigenvalue weighted by Gasteiger charge is -2.02. The molecule has 1 heterocycles. The van der Waals surface area contributed by atoms with Crippen LogP contribution in [0.5, 0.6) is 0 Å². The molecular weight excluding hydrogens is 122 g/mol. The van der Waals surface area contributed by atoms with E-state index in [2.05, 4.69) is 5.32 Å². The second-order valence-electron chi connectivity index (χ2n) is 1.85. The van der Waals surface area contributed by atoms with Gasteiger partial charge in [-0.2, -0.15) is 11.8 Å². The molecule has 1 aliphatic rings. The van der Waals surface area contributed by atoms with Gasteiger partial charge in [-0.25, -0.2) is 0 Å². The summed E-state index contributed by atoms with van der Waals surface area (Å²) < 4.78 is 0. The van der Waals surface area contributed by atoms with Gasteiger partial charge in [0.05, 0.1) is 0 Å². The molecule has 0 bridgehead atoms. The predicted octanol–water partition coefficient (Wildman–Crippen LogP) is 0.238. The van der Waals surface area contributed by atoms with Gasteiger partial charge in [-0.05, 0) is 12.2 Å². The molecule has 8 heavy (non-hydrogen) atoms. The van der Waals surface area contributed by atoms with E-state index in [1.165, 1.54) is 5.75 Å². The normalized spacial score (nSPS) is 27.8. The third-order valence-corrected chi connectivity index (χ3v) is 2.40. The first-order valence-corrected chi connectivity index (χ1v) is 3.86. The number of rotatable bonds is 2. The third-order valence-electron chi connectivity index (χ3n) is 1.23. The van der Waals surface area contributed by atoms with Crippen LogP contribution in [0, 0.1) is 0 Å². The molecule has 1 fully saturated rings. The van der Waals surface area contributed by atoms with Crippen molar-refractivity contribution in [3.05, 3.63) is 0 Å². The highest BCUT2D eigenvalue weighted by Gasteiger charge is 2.12. The molecule has 0 radical (unpaired) electrons. The molecule has 0 aromatic rings. The molecule has 46 valence electrons. The first kappa shape index (κ1) is 5.95. The summed E-state index contributed by atoms with van der Waals surface area (Å²) in [5.41, 5.74) is 0. The third kappa shape index (κ3) is 1.40. The van der Waals surface area contributed by atoms with E-state index in [1.807, 2.05) is 11.8 Å². The van der Waals surface area contributed by atoms with Gasteiger partial charge in [-0.1, -0.05) is 0 Å². The SMILES string of the molecule is O=CNC1CCSC1. The molecule has 1 amide bonds. The highest BCUT2D eigenvalue weighted by molar-refractivity contribution is 7.99. The van der Waals surface area contributed by atoms with E-state index < -0.39 is 0 Å². The van der Waals surface area contributed by atoms with Crippen molar-refractivity contribution in [3.63, 3.8) is 0 Å². The van der Waals surface area contributed by atoms with Crippen molar-refractivity contribution < 1.29 is 4.79 Å². The van der Waals surface area contributed by atoms with Gasteiger partial charge < -0.3 is 5.32 Å². The van der Waals surface area contributed by atoms with E-state index in [9.17, 15) is 4.79 Å². The average Bonchev–Trinajstić information content (AvgIpc) is 2.19. The predicted molar refractivity (Wildman–Crippen MR) is 34.9 cm³/mol. The minimum absolute atomic E-state index is 0.456. The van der Waals surface area contributed by atoms with E-state index in [-0.39, 0.29) is 0 Å². The van der Waals surface area contributed by atoms with Gasteiger partial charge in [0, 0.05) is 11.8 Å². The van der Waals surface area contributed by atoms with E-state index in [4.69, 9.17) is 0 Å². The molecule has 1 aliphatic heterocycles. The summed E-state index contributed by atoms with van der Waals surface area (Å²) >= 11 is 1.90. The fourth-order valence-corrected chi connectivity index (χ4v) is 1.93. The molecular formula is C5H9NOS. The summed E-state index contributed by atoms with van der Waals surface area (Å²) in [6, 6.07) is 0.456. The smallest absolute Gasteiger partial charge is 0.207 e. The molecule has 0 saturated carbocycles. The minimum Gasteiger partial charge on any atom is -0.355 e. The number of carbonyl (C=O) groups is 1. The van der Waals surface area contributed by atoms with Crippen molar-refractivity contribution in [2.45, 2.75) is 12.5 Å². The second kappa shape index (κ2) is 2.97. The molecule has 0 aromatic carbocycles. The van der Waals surface area contributed by atoms with E-state index in [0.717, 1.165) is 18.6 Å². The summed E-state index contributed by atoms with van der Waals surface area (Å²) in [5.74, 6) is 2.30. The van der Waals surface area contributed by atoms with Crippen LogP contribution in [0.15, 0.2) is 0 Å². The Hall–Kier alpha value is -0.180. The molecule has 2 nitrogen and oxygen atoms in total. The molecule has 0 aliphatic carbocycles. The van der Waals surface area contributed by atoms with Crippen molar-refractivity contribution in [3.8, 4) is 0 Å². The van der Waals surface area contributed by atoms with Crippen LogP contribution in [0.2, 0.25) is 0 Å². The zero-order valence-corrected chi connectivity index (χ0v) is 5.41. The Morgan fingerprint density at radius 2 is 2.62 bits per heavy atom. The van der Waals surface area contributed by atoms with E-state index in [0.29, 0.717) is 6.04 Å². The lowest BCUT2D eigenvalue weighted by Crippen LogP contribution is -2.26. The fourth-order valence-electron chi connectivity index (χ4n) is 0.762. The average molecular weight is 131 g/mol. The quantitative estimate of drug-likeness (QED) is 0.544. The number of thioether (sulfide) groups is 1. The van der Waals surface area contributed by atoms with Gasteiger partial charge in [-0.3, -0.25) is 4.79 Å². The lowest BCUT2D eigenvalue weighted by atomic mass is 10.3. The first-order chi connectivity index (χ1) is 3.93. The minimum atomic E-state index is 0.456. The Labute approximate surface area is 53.0 Å². The Morgan fingerprint density at radius 1 is 1.75 bits per heavy atom. The zero-order valence-electron chi connectivity index (χ0n) is 4.59. The largest absolute Gasteiger partial charge is 0.355 e. The van der Waals surface area contributed by atoms with Crippen molar-refractivity contribution in [1.29, 1.82) is 0 Å². The lowest BCUT2D eigenvalue weighted by molar-refractivity contribution is -0.110. The molecule has 3 heteroatoms. The first-order valence-electron chi connectivity index (χ1n) is 2.71. The van der Waals surface area contributed by atoms with Crippen LogP contribution < -0.4 is 5.32 Å². The molecule has 1 N–H and O–H groups in total. The fraction of sp³-hybridized carbons (Fsp3) is 0.800. The number of hydrogen-bond donors (Lipinski definition) is 1. The highest BCUT2D eigenvalue weighted by Crippen LogP contribution is 2.16. The van der Waals surface area contributed by atoms with Gasteiger partial charge in [0.2, 0.25) is 6.41 Å². The van der Waals surface area contributed by atoms with Crippen molar-refractivity contribution in [2.24, 2.45) is 0 Å². The Balaban J connectivity index is 2.14. The maximum Gasteiger partial charge on any atom is 0.207 e. The van der Waals surface area contributed by atoms with Crippen LogP contribution >= 0.6 is 11.8 Å². The Morgan fingerprint density at radius 3 is 3.12 bits per heavy atom. The van der Waals surface area contributed by atoms with Crippen molar-refractivity contribution >= 4 is 18.2 Å². The van der Waals surface area contributed by atoms with E-state index >= 15 is 0 Å². The second-order valence-corrected chi connectivity index (χ2v) is 2.99. The molecule has 1 unspecified atom stereocenters. The van der Waals surface area contributed by atoms with Gasteiger partial charge in [-0.15, -0.1) is 0 Å². The van der Waals surface area contributed by atoms with Crippen LogP contribution in [0.1, 0.15) is 6.42 Å². The van der Waals surface area contributed by atoms with Gasteiger partial charge >= 0.3 is 0 Å². The van der Waals surface area contributed by atoms with Crippen LogP contribution in [0.3, 0.4) is 0 Å². The monoisotopic (exact) mass is 131 g/mol. The number of hydrogen-bond acceptors (Lipinski definition) is 2. The van der Waals surface area contributed by atoms with Crippen LogP contribution in [-0.4, -0.2) is 24.0 Å². The molecule has 1 rings (SSSR count). The number of amides is 1. The highest BCUT2D eigenvalue weighted by atomic mass is 32.2. The summed E-state index contributed by atoms with van der Waals surface area (Å²) in [7, 11) is 0. The van der Waals surface area contributed by atoms with Gasteiger partial charge in [0.25, 0.3) is 0 Å². The molecule has 1 saturated heterocycles. The summed E-state index contributed by atoms with van der Waals surface area (Å²) in [6.45, 7) is 0. The molecule has 0 aromatic heterocycles. The van der Waals surface area contributed by atoms with Gasteiger partial charge in [0.15, 0.2) is 0 Å². The summed E-state index contributed by atoms with van der Waals surface area (Å²) in [6.07, 6.45) is 1.93. The van der Waals surface area contributed by atoms with Crippen LogP contribution in [0.4, 0.5) is 0 Å². The van der Waals surface area contributed by atoms with Gasteiger partial charge in [0.1, 0.15) is 0 Å². The Kier molecular flexibility index (Phi) is 2.21. The number of carbonyl (C=O) groups excluding carboxylic acids is 1. The van der Waals surface area contributed by atoms with E-state index in [1.54, 1.807) is 0 Å². The molecule has 0 spiro atoms. The molecule has 1 atom stereocenters. The summed E-state index contributed by atoms with van der Waals surface area (Å²) in [4.78, 5) is 9.84. The van der Waals surface area contributed by atoms with Crippen molar-refractivity contribution in [1.82, 2.24) is 5.32 Å². The number of nitrogens with one attached hydrogen (secondary N) is 1. The maximum absolute atomic E-state index is 9.84. The zero-order chi connectivity index (χ0) is 5.82. The summed E-state index contributed by atoms with van der Waals surface area (Å²) in [5, 5.41) is 2.74. The maximum atomic E-state index is 9.84. The topological polar surface area (TPSA) is 29.1 Å². The van der Waals surface area contributed by atoms with Crippen LogP contribution in [-0.2, 0) is 4.79 Å².